The first-order valence-electron chi connectivity index (χ1n) is 12.5. The molecule has 0 aliphatic carbocycles. The van der Waals surface area contributed by atoms with Gasteiger partial charge in [0.15, 0.2) is 0 Å². The number of pyridine rings is 2. The minimum atomic E-state index is -0.803. The van der Waals surface area contributed by atoms with Gasteiger partial charge in [-0.25, -0.2) is 9.37 Å². The van der Waals surface area contributed by atoms with Crippen molar-refractivity contribution in [3.05, 3.63) is 48.4 Å². The number of amides is 1. The SMILES string of the molecule is CC(C)N1CCC(N2CC3CCC2CN(c2cccc(C(=O)Nc4ccncc4)n2)C3)C(F)C1. The van der Waals surface area contributed by atoms with E-state index in [1.54, 1.807) is 30.6 Å². The summed E-state index contributed by atoms with van der Waals surface area (Å²) in [6, 6.07) is 9.86. The number of carbonyl (C=O) groups excluding carboxylic acids is 1. The number of fused-ring (bicyclic) bond motifs is 4. The lowest BCUT2D eigenvalue weighted by Crippen LogP contribution is -2.59. The summed E-state index contributed by atoms with van der Waals surface area (Å²) in [5, 5.41) is 2.88. The highest BCUT2D eigenvalue weighted by Crippen LogP contribution is 2.34. The van der Waals surface area contributed by atoms with E-state index in [-0.39, 0.29) is 11.9 Å². The van der Waals surface area contributed by atoms with Gasteiger partial charge in [-0.2, -0.15) is 0 Å². The standard InChI is InChI=1S/C26H35FN6O/c1-18(2)31-13-10-24(22(27)17-31)33-15-19-6-7-21(33)16-32(14-19)25-5-3-4-23(30-25)26(34)29-20-8-11-28-12-9-20/h3-5,8-9,11-12,18-19,21-22,24H,6-7,10,13-17H2,1-2H3,(H,28,29,34). The van der Waals surface area contributed by atoms with E-state index in [0.717, 1.165) is 44.8 Å². The van der Waals surface area contributed by atoms with Crippen molar-refractivity contribution in [2.75, 3.05) is 42.9 Å². The lowest BCUT2D eigenvalue weighted by atomic mass is 9.90. The molecule has 4 unspecified atom stereocenters. The van der Waals surface area contributed by atoms with Gasteiger partial charge in [-0.1, -0.05) is 6.07 Å². The van der Waals surface area contributed by atoms with Crippen molar-refractivity contribution in [3.63, 3.8) is 0 Å². The van der Waals surface area contributed by atoms with E-state index < -0.39 is 6.17 Å². The maximum absolute atomic E-state index is 15.3. The molecular weight excluding hydrogens is 431 g/mol. The van der Waals surface area contributed by atoms with Crippen LogP contribution in [-0.2, 0) is 0 Å². The van der Waals surface area contributed by atoms with E-state index in [1.165, 1.54) is 6.42 Å². The molecule has 4 atom stereocenters. The number of nitrogens with one attached hydrogen (secondary N) is 1. The molecule has 1 amide bonds. The molecule has 2 bridgehead atoms. The molecule has 0 spiro atoms. The Hall–Kier alpha value is -2.58. The number of carbonyl (C=O) groups is 1. The van der Waals surface area contributed by atoms with Crippen LogP contribution >= 0.6 is 0 Å². The van der Waals surface area contributed by atoms with Crippen molar-refractivity contribution in [2.45, 2.75) is 57.4 Å². The van der Waals surface area contributed by atoms with Crippen LogP contribution in [0.5, 0.6) is 0 Å². The van der Waals surface area contributed by atoms with Crippen molar-refractivity contribution in [3.8, 4) is 0 Å². The molecule has 6 rings (SSSR count). The molecule has 0 radical (unpaired) electrons. The molecule has 4 aliphatic rings. The summed E-state index contributed by atoms with van der Waals surface area (Å²) < 4.78 is 15.3. The third-order valence-corrected chi connectivity index (χ3v) is 7.68. The molecule has 7 nitrogen and oxygen atoms in total. The Morgan fingerprint density at radius 1 is 1.06 bits per heavy atom. The first-order valence-corrected chi connectivity index (χ1v) is 12.5. The van der Waals surface area contributed by atoms with Crippen LogP contribution in [0.4, 0.5) is 15.9 Å². The summed E-state index contributed by atoms with van der Waals surface area (Å²) >= 11 is 0. The Morgan fingerprint density at radius 2 is 1.88 bits per heavy atom. The number of rotatable bonds is 5. The number of halogens is 1. The second-order valence-corrected chi connectivity index (χ2v) is 10.2. The lowest BCUT2D eigenvalue weighted by Gasteiger charge is -2.47. The molecule has 2 aromatic rings. The Bertz CT molecular complexity index is 988. The maximum atomic E-state index is 15.3. The summed E-state index contributed by atoms with van der Waals surface area (Å²) in [7, 11) is 0. The van der Waals surface area contributed by atoms with Crippen LogP contribution in [0.25, 0.3) is 0 Å². The van der Waals surface area contributed by atoms with E-state index in [1.807, 2.05) is 12.1 Å². The second kappa shape index (κ2) is 9.96. The average molecular weight is 467 g/mol. The van der Waals surface area contributed by atoms with Gasteiger partial charge in [-0.15, -0.1) is 0 Å². The normalized spacial score (nSPS) is 28.2. The quantitative estimate of drug-likeness (QED) is 0.728. The zero-order valence-electron chi connectivity index (χ0n) is 20.1. The molecule has 4 saturated heterocycles. The third-order valence-electron chi connectivity index (χ3n) is 7.68. The highest BCUT2D eigenvalue weighted by atomic mass is 19.1. The molecule has 0 aromatic carbocycles. The maximum Gasteiger partial charge on any atom is 0.274 e. The molecule has 4 aliphatic heterocycles. The smallest absolute Gasteiger partial charge is 0.274 e. The fraction of sp³-hybridized carbons (Fsp3) is 0.577. The molecule has 8 heteroatoms. The number of hydrogen-bond acceptors (Lipinski definition) is 6. The van der Waals surface area contributed by atoms with Crippen LogP contribution in [0.1, 0.15) is 43.6 Å². The van der Waals surface area contributed by atoms with Gasteiger partial charge in [0.2, 0.25) is 0 Å². The van der Waals surface area contributed by atoms with E-state index in [0.29, 0.717) is 35.9 Å². The van der Waals surface area contributed by atoms with Gasteiger partial charge in [-0.05, 0) is 63.3 Å². The van der Waals surface area contributed by atoms with E-state index >= 15 is 4.39 Å². The first kappa shape index (κ1) is 23.2. The largest absolute Gasteiger partial charge is 0.355 e. The summed E-state index contributed by atoms with van der Waals surface area (Å²) in [5.74, 6) is 1.09. The molecule has 6 heterocycles. The number of nitrogens with zero attached hydrogens (tertiary/aromatic N) is 5. The van der Waals surface area contributed by atoms with Crippen molar-refractivity contribution in [2.24, 2.45) is 5.92 Å². The fourth-order valence-corrected chi connectivity index (χ4v) is 5.83. The van der Waals surface area contributed by atoms with Gasteiger partial charge in [0.05, 0.1) is 0 Å². The molecule has 34 heavy (non-hydrogen) atoms. The predicted molar refractivity (Wildman–Crippen MR) is 132 cm³/mol. The van der Waals surface area contributed by atoms with Crippen LogP contribution in [0.15, 0.2) is 42.7 Å². The topological polar surface area (TPSA) is 64.6 Å². The zero-order valence-corrected chi connectivity index (χ0v) is 20.1. The third kappa shape index (κ3) is 4.93. The van der Waals surface area contributed by atoms with Crippen LogP contribution in [-0.4, -0.2) is 82.7 Å². The lowest BCUT2D eigenvalue weighted by molar-refractivity contribution is -0.0134. The molecule has 4 fully saturated rings. The highest BCUT2D eigenvalue weighted by molar-refractivity contribution is 6.03. The van der Waals surface area contributed by atoms with Crippen LogP contribution in [0, 0.1) is 5.92 Å². The molecule has 1 N–H and O–H groups in total. The van der Waals surface area contributed by atoms with Crippen LogP contribution < -0.4 is 10.2 Å². The summed E-state index contributed by atoms with van der Waals surface area (Å²) in [5.41, 5.74) is 1.09. The van der Waals surface area contributed by atoms with Gasteiger partial charge in [0.25, 0.3) is 5.91 Å². The van der Waals surface area contributed by atoms with Gasteiger partial charge < -0.3 is 10.2 Å². The number of aromatic nitrogens is 2. The summed E-state index contributed by atoms with van der Waals surface area (Å²) in [4.78, 5) is 28.5. The van der Waals surface area contributed by atoms with Crippen molar-refractivity contribution < 1.29 is 9.18 Å². The predicted octanol–water partition coefficient (Wildman–Crippen LogP) is 3.45. The number of alkyl halides is 1. The molecule has 182 valence electrons. The Balaban J connectivity index is 1.29. The highest BCUT2D eigenvalue weighted by Gasteiger charge is 2.43. The van der Waals surface area contributed by atoms with Gasteiger partial charge in [-0.3, -0.25) is 19.6 Å². The second-order valence-electron chi connectivity index (χ2n) is 10.2. The molecule has 2 aromatic heterocycles. The van der Waals surface area contributed by atoms with E-state index in [4.69, 9.17) is 4.98 Å². The zero-order chi connectivity index (χ0) is 23.7. The Kier molecular flexibility index (Phi) is 6.79. The fourth-order valence-electron chi connectivity index (χ4n) is 5.83. The summed E-state index contributed by atoms with van der Waals surface area (Å²) in [6.07, 6.45) is 5.65. The van der Waals surface area contributed by atoms with Crippen molar-refractivity contribution >= 4 is 17.4 Å². The van der Waals surface area contributed by atoms with E-state index in [2.05, 4.69) is 38.8 Å². The van der Waals surface area contributed by atoms with Crippen LogP contribution in [0.3, 0.4) is 0 Å². The van der Waals surface area contributed by atoms with Gasteiger partial charge >= 0.3 is 0 Å². The van der Waals surface area contributed by atoms with Gasteiger partial charge in [0.1, 0.15) is 17.7 Å². The Labute approximate surface area is 201 Å². The number of piperidine rings is 2. The van der Waals surface area contributed by atoms with Crippen LogP contribution in [0.2, 0.25) is 0 Å². The monoisotopic (exact) mass is 466 g/mol. The number of hydrogen-bond donors (Lipinski definition) is 1. The molecule has 0 saturated carbocycles. The first-order chi connectivity index (χ1) is 16.5. The minimum absolute atomic E-state index is 0.00758. The average Bonchev–Trinajstić information content (AvgIpc) is 3.17. The Morgan fingerprint density at radius 3 is 2.65 bits per heavy atom. The number of anilines is 2. The minimum Gasteiger partial charge on any atom is -0.355 e. The van der Waals surface area contributed by atoms with Crippen molar-refractivity contribution in [1.29, 1.82) is 0 Å². The van der Waals surface area contributed by atoms with Gasteiger partial charge in [0, 0.05) is 68.9 Å². The number of likely N-dealkylation sites (tertiary alicyclic amines) is 1. The van der Waals surface area contributed by atoms with E-state index in [9.17, 15) is 4.79 Å². The summed E-state index contributed by atoms with van der Waals surface area (Å²) in [6.45, 7) is 8.49. The molecular formula is C26H35FN6O. The van der Waals surface area contributed by atoms with Crippen molar-refractivity contribution in [1.82, 2.24) is 19.8 Å².